The second-order valence-corrected chi connectivity index (χ2v) is 4.40. The Morgan fingerprint density at radius 1 is 1.21 bits per heavy atom. The van der Waals surface area contributed by atoms with Gasteiger partial charge in [0.2, 0.25) is 0 Å². The van der Waals surface area contributed by atoms with E-state index in [1.54, 1.807) is 12.3 Å². The lowest BCUT2D eigenvalue weighted by molar-refractivity contribution is 0.340. The highest BCUT2D eigenvalue weighted by atomic mass is 35.5. The molecule has 0 aliphatic rings. The molecule has 0 bridgehead atoms. The molecule has 0 fully saturated rings. The maximum absolute atomic E-state index is 5.78. The van der Waals surface area contributed by atoms with Crippen LogP contribution < -0.4 is 16.0 Å². The number of nitrogens with zero attached hydrogens (tertiary/aromatic N) is 1. The average Bonchev–Trinajstić information content (AvgIpc) is 2.44. The fraction of sp³-hybridized carbons (Fsp3) is 0.214. The molecule has 1 atom stereocenters. The van der Waals surface area contributed by atoms with Gasteiger partial charge in [0.15, 0.2) is 0 Å². The molecule has 0 aliphatic heterocycles. The Morgan fingerprint density at radius 3 is 2.42 bits per heavy atom. The van der Waals surface area contributed by atoms with E-state index >= 15 is 0 Å². The number of hydrogen-bond acceptors (Lipinski definition) is 4. The highest BCUT2D eigenvalue weighted by molar-refractivity contribution is 6.29. The van der Waals surface area contributed by atoms with Crippen LogP contribution in [0.25, 0.3) is 0 Å². The molecule has 2 rings (SSSR count). The minimum atomic E-state index is -0.125. The molecule has 0 radical (unpaired) electrons. The minimum absolute atomic E-state index is 0.125. The highest BCUT2D eigenvalue weighted by Gasteiger charge is 2.12. The normalized spacial score (nSPS) is 12.2. The molecule has 5 heteroatoms. The number of aromatic nitrogens is 1. The van der Waals surface area contributed by atoms with Crippen molar-refractivity contribution in [1.82, 2.24) is 10.4 Å². The van der Waals surface area contributed by atoms with E-state index in [1.165, 1.54) is 0 Å². The second-order valence-electron chi connectivity index (χ2n) is 4.02. The molecule has 4 nitrogen and oxygen atoms in total. The fourth-order valence-electron chi connectivity index (χ4n) is 1.87. The topological polar surface area (TPSA) is 60.2 Å². The Morgan fingerprint density at radius 2 is 1.89 bits per heavy atom. The number of ether oxygens (including phenoxy) is 1. The summed E-state index contributed by atoms with van der Waals surface area (Å²) in [6.45, 7) is 2.61. The van der Waals surface area contributed by atoms with Crippen molar-refractivity contribution in [2.24, 2.45) is 5.84 Å². The molecule has 1 aromatic heterocycles. The van der Waals surface area contributed by atoms with Crippen LogP contribution in [0.5, 0.6) is 5.75 Å². The van der Waals surface area contributed by atoms with Crippen molar-refractivity contribution >= 4 is 11.6 Å². The van der Waals surface area contributed by atoms with Crippen molar-refractivity contribution < 1.29 is 4.74 Å². The van der Waals surface area contributed by atoms with Gasteiger partial charge in [-0.05, 0) is 36.2 Å². The summed E-state index contributed by atoms with van der Waals surface area (Å²) in [6, 6.07) is 11.3. The first-order chi connectivity index (χ1) is 9.24. The van der Waals surface area contributed by atoms with E-state index in [4.69, 9.17) is 22.2 Å². The monoisotopic (exact) mass is 277 g/mol. The molecular weight excluding hydrogens is 262 g/mol. The molecule has 1 heterocycles. The Hall–Kier alpha value is -1.62. The van der Waals surface area contributed by atoms with Crippen LogP contribution in [0.15, 0.2) is 42.6 Å². The number of pyridine rings is 1. The van der Waals surface area contributed by atoms with Crippen molar-refractivity contribution in [3.63, 3.8) is 0 Å². The number of benzene rings is 1. The molecular formula is C14H16ClN3O. The summed E-state index contributed by atoms with van der Waals surface area (Å²) in [5.74, 6) is 6.47. The van der Waals surface area contributed by atoms with Gasteiger partial charge in [-0.15, -0.1) is 0 Å². The van der Waals surface area contributed by atoms with Gasteiger partial charge in [-0.25, -0.2) is 10.4 Å². The van der Waals surface area contributed by atoms with Gasteiger partial charge in [0.25, 0.3) is 0 Å². The number of hydrazine groups is 1. The SMILES string of the molecule is CCOc1ccc(C(NN)c2ccc(Cl)nc2)cc1. The summed E-state index contributed by atoms with van der Waals surface area (Å²) >= 11 is 5.78. The maximum Gasteiger partial charge on any atom is 0.129 e. The van der Waals surface area contributed by atoms with Crippen LogP contribution in [0.4, 0.5) is 0 Å². The molecule has 0 saturated heterocycles. The third-order valence-electron chi connectivity index (χ3n) is 2.77. The lowest BCUT2D eigenvalue weighted by Gasteiger charge is -2.17. The summed E-state index contributed by atoms with van der Waals surface area (Å²) < 4.78 is 5.41. The number of halogens is 1. The summed E-state index contributed by atoms with van der Waals surface area (Å²) in [5, 5.41) is 0.464. The Bertz CT molecular complexity index is 513. The molecule has 1 unspecified atom stereocenters. The van der Waals surface area contributed by atoms with E-state index in [0.29, 0.717) is 11.8 Å². The van der Waals surface area contributed by atoms with Gasteiger partial charge in [0.1, 0.15) is 10.9 Å². The van der Waals surface area contributed by atoms with Gasteiger partial charge in [-0.2, -0.15) is 0 Å². The summed E-state index contributed by atoms with van der Waals surface area (Å²) in [5.41, 5.74) is 4.77. The number of nitrogens with one attached hydrogen (secondary N) is 1. The predicted molar refractivity (Wildman–Crippen MR) is 76.0 cm³/mol. The third-order valence-corrected chi connectivity index (χ3v) is 3.00. The summed E-state index contributed by atoms with van der Waals surface area (Å²) in [7, 11) is 0. The molecule has 2 aromatic rings. The quantitative estimate of drug-likeness (QED) is 0.501. The number of rotatable bonds is 5. The van der Waals surface area contributed by atoms with Crippen molar-refractivity contribution in [3.8, 4) is 5.75 Å². The molecule has 19 heavy (non-hydrogen) atoms. The van der Waals surface area contributed by atoms with Crippen LogP contribution in [0.1, 0.15) is 24.1 Å². The maximum atomic E-state index is 5.78. The van der Waals surface area contributed by atoms with Crippen molar-refractivity contribution in [1.29, 1.82) is 0 Å². The Labute approximate surface area is 117 Å². The van der Waals surface area contributed by atoms with Gasteiger partial charge >= 0.3 is 0 Å². The number of hydrogen-bond donors (Lipinski definition) is 2. The molecule has 100 valence electrons. The lowest BCUT2D eigenvalue weighted by Crippen LogP contribution is -2.28. The third kappa shape index (κ3) is 3.44. The van der Waals surface area contributed by atoms with E-state index in [0.717, 1.165) is 16.9 Å². The second kappa shape index (κ2) is 6.52. The van der Waals surface area contributed by atoms with Gasteiger partial charge in [0, 0.05) is 6.20 Å². The van der Waals surface area contributed by atoms with Gasteiger partial charge in [-0.1, -0.05) is 29.8 Å². The predicted octanol–water partition coefficient (Wildman–Crippen LogP) is 2.69. The summed E-state index contributed by atoms with van der Waals surface area (Å²) in [6.07, 6.45) is 1.71. The first kappa shape index (κ1) is 13.8. The minimum Gasteiger partial charge on any atom is -0.494 e. The molecule has 1 aromatic carbocycles. The van der Waals surface area contributed by atoms with E-state index in [9.17, 15) is 0 Å². The Balaban J connectivity index is 2.23. The van der Waals surface area contributed by atoms with Crippen LogP contribution in [-0.4, -0.2) is 11.6 Å². The summed E-state index contributed by atoms with van der Waals surface area (Å²) in [4.78, 5) is 4.07. The smallest absolute Gasteiger partial charge is 0.129 e. The number of nitrogens with two attached hydrogens (primary N) is 1. The fourth-order valence-corrected chi connectivity index (χ4v) is 1.98. The van der Waals surface area contributed by atoms with E-state index in [1.807, 2.05) is 37.3 Å². The largest absolute Gasteiger partial charge is 0.494 e. The zero-order valence-electron chi connectivity index (χ0n) is 10.6. The average molecular weight is 278 g/mol. The van der Waals surface area contributed by atoms with Crippen molar-refractivity contribution in [2.45, 2.75) is 13.0 Å². The molecule has 0 spiro atoms. The van der Waals surface area contributed by atoms with E-state index in [-0.39, 0.29) is 6.04 Å². The van der Waals surface area contributed by atoms with E-state index < -0.39 is 0 Å². The molecule has 3 N–H and O–H groups in total. The van der Waals surface area contributed by atoms with Gasteiger partial charge in [-0.3, -0.25) is 5.84 Å². The zero-order valence-corrected chi connectivity index (χ0v) is 11.4. The van der Waals surface area contributed by atoms with Gasteiger partial charge < -0.3 is 4.74 Å². The van der Waals surface area contributed by atoms with Crippen LogP contribution >= 0.6 is 11.6 Å². The molecule has 0 saturated carbocycles. The van der Waals surface area contributed by atoms with Crippen molar-refractivity contribution in [2.75, 3.05) is 6.61 Å². The van der Waals surface area contributed by atoms with E-state index in [2.05, 4.69) is 10.4 Å². The molecule has 0 amide bonds. The van der Waals surface area contributed by atoms with Crippen LogP contribution in [-0.2, 0) is 0 Å². The van der Waals surface area contributed by atoms with Crippen molar-refractivity contribution in [3.05, 3.63) is 58.9 Å². The lowest BCUT2D eigenvalue weighted by atomic mass is 10.0. The standard InChI is InChI=1S/C14H16ClN3O/c1-2-19-12-6-3-10(4-7-12)14(18-16)11-5-8-13(15)17-9-11/h3-9,14,18H,2,16H2,1H3. The first-order valence-corrected chi connectivity index (χ1v) is 6.42. The Kier molecular flexibility index (Phi) is 4.74. The van der Waals surface area contributed by atoms with Gasteiger partial charge in [0.05, 0.1) is 12.6 Å². The zero-order chi connectivity index (χ0) is 13.7. The van der Waals surface area contributed by atoms with Crippen LogP contribution in [0, 0.1) is 0 Å². The van der Waals surface area contributed by atoms with Crippen LogP contribution in [0.2, 0.25) is 5.15 Å². The molecule has 0 aliphatic carbocycles. The van der Waals surface area contributed by atoms with Crippen LogP contribution in [0.3, 0.4) is 0 Å². The highest BCUT2D eigenvalue weighted by Crippen LogP contribution is 2.23. The first-order valence-electron chi connectivity index (χ1n) is 6.05.